The number of carboxylic acids is 1. The Morgan fingerprint density at radius 1 is 1.13 bits per heavy atom. The van der Waals surface area contributed by atoms with E-state index in [-0.39, 0.29) is 23.4 Å². The SMILES string of the molecule is O=C(NC(C(=O)O)c1ccccc1)c1n[nH]c2c1CC1C(c3ccc(F)cc3F)C21. The molecule has 0 saturated heterocycles. The second-order valence-corrected chi connectivity index (χ2v) is 7.71. The number of carbonyl (C=O) groups is 2. The number of hydrogen-bond donors (Lipinski definition) is 3. The molecule has 0 bridgehead atoms. The average Bonchev–Trinajstić information content (AvgIpc) is 3.06. The van der Waals surface area contributed by atoms with Crippen molar-refractivity contribution >= 4 is 11.9 Å². The van der Waals surface area contributed by atoms with Gasteiger partial charge in [-0.2, -0.15) is 5.10 Å². The summed E-state index contributed by atoms with van der Waals surface area (Å²) in [4.78, 5) is 24.4. The molecule has 0 aliphatic heterocycles. The molecule has 4 atom stereocenters. The zero-order valence-corrected chi connectivity index (χ0v) is 15.6. The lowest BCUT2D eigenvalue weighted by molar-refractivity contribution is -0.139. The molecule has 1 aromatic heterocycles. The Morgan fingerprint density at radius 2 is 1.90 bits per heavy atom. The third-order valence-corrected chi connectivity index (χ3v) is 6.03. The van der Waals surface area contributed by atoms with Crippen molar-refractivity contribution in [2.75, 3.05) is 0 Å². The van der Waals surface area contributed by atoms with E-state index in [0.29, 0.717) is 17.5 Å². The highest BCUT2D eigenvalue weighted by atomic mass is 19.1. The summed E-state index contributed by atoms with van der Waals surface area (Å²) in [7, 11) is 0. The molecule has 1 fully saturated rings. The molecule has 5 rings (SSSR count). The lowest BCUT2D eigenvalue weighted by Gasteiger charge is -2.14. The summed E-state index contributed by atoms with van der Waals surface area (Å²) in [5.74, 6) is -2.89. The van der Waals surface area contributed by atoms with Crippen LogP contribution in [0.15, 0.2) is 48.5 Å². The fraction of sp³-hybridized carbons (Fsp3) is 0.227. The number of nitrogens with one attached hydrogen (secondary N) is 2. The average molecular weight is 409 g/mol. The first kappa shape index (κ1) is 18.5. The predicted octanol–water partition coefficient (Wildman–Crippen LogP) is 3.30. The van der Waals surface area contributed by atoms with Crippen LogP contribution in [0.2, 0.25) is 0 Å². The van der Waals surface area contributed by atoms with E-state index in [1.54, 1.807) is 30.3 Å². The van der Waals surface area contributed by atoms with Crippen LogP contribution >= 0.6 is 0 Å². The van der Waals surface area contributed by atoms with Crippen molar-refractivity contribution in [3.05, 3.63) is 88.2 Å². The molecule has 6 nitrogen and oxygen atoms in total. The first-order valence-corrected chi connectivity index (χ1v) is 9.56. The van der Waals surface area contributed by atoms with Crippen molar-refractivity contribution in [3.8, 4) is 0 Å². The van der Waals surface area contributed by atoms with Crippen LogP contribution in [0.3, 0.4) is 0 Å². The van der Waals surface area contributed by atoms with Crippen LogP contribution in [0.1, 0.15) is 50.8 Å². The van der Waals surface area contributed by atoms with Crippen molar-refractivity contribution in [2.45, 2.75) is 24.3 Å². The number of benzene rings is 2. The molecule has 8 heteroatoms. The number of amides is 1. The normalized spacial score (nSPS) is 22.1. The number of aromatic nitrogens is 2. The summed E-state index contributed by atoms with van der Waals surface area (Å²) in [5, 5.41) is 19.0. The Morgan fingerprint density at radius 3 is 2.60 bits per heavy atom. The van der Waals surface area contributed by atoms with Gasteiger partial charge in [-0.1, -0.05) is 36.4 Å². The highest BCUT2D eigenvalue weighted by Gasteiger charge is 2.59. The van der Waals surface area contributed by atoms with Crippen molar-refractivity contribution in [3.63, 3.8) is 0 Å². The van der Waals surface area contributed by atoms with E-state index in [9.17, 15) is 23.5 Å². The van der Waals surface area contributed by atoms with Crippen LogP contribution in [0.4, 0.5) is 8.78 Å². The number of aromatic amines is 1. The summed E-state index contributed by atoms with van der Waals surface area (Å²) < 4.78 is 27.3. The van der Waals surface area contributed by atoms with E-state index in [1.807, 2.05) is 0 Å². The quantitative estimate of drug-likeness (QED) is 0.603. The molecule has 4 unspecified atom stereocenters. The highest BCUT2D eigenvalue weighted by Crippen LogP contribution is 2.66. The Labute approximate surface area is 169 Å². The molecule has 2 aromatic carbocycles. The van der Waals surface area contributed by atoms with Gasteiger partial charge in [0.2, 0.25) is 0 Å². The van der Waals surface area contributed by atoms with Crippen molar-refractivity contribution < 1.29 is 23.5 Å². The topological polar surface area (TPSA) is 95.1 Å². The molecule has 0 radical (unpaired) electrons. The van der Waals surface area contributed by atoms with Gasteiger partial charge in [0.15, 0.2) is 11.7 Å². The molecular formula is C22H17F2N3O3. The molecule has 152 valence electrons. The summed E-state index contributed by atoms with van der Waals surface area (Å²) in [6, 6.07) is 10.8. The highest BCUT2D eigenvalue weighted by molar-refractivity contribution is 5.97. The number of H-pyrrole nitrogens is 1. The maximum Gasteiger partial charge on any atom is 0.330 e. The van der Waals surface area contributed by atoms with E-state index in [2.05, 4.69) is 15.5 Å². The van der Waals surface area contributed by atoms with Gasteiger partial charge in [-0.05, 0) is 35.4 Å². The molecule has 2 aliphatic carbocycles. The van der Waals surface area contributed by atoms with Crippen LogP contribution in [0.25, 0.3) is 0 Å². The number of carbonyl (C=O) groups excluding carboxylic acids is 1. The molecular weight excluding hydrogens is 392 g/mol. The van der Waals surface area contributed by atoms with Crippen molar-refractivity contribution in [2.24, 2.45) is 5.92 Å². The molecule has 1 amide bonds. The van der Waals surface area contributed by atoms with Gasteiger partial charge in [0.1, 0.15) is 11.6 Å². The number of aliphatic carboxylic acids is 1. The number of hydrogen-bond acceptors (Lipinski definition) is 3. The van der Waals surface area contributed by atoms with Gasteiger partial charge in [0.25, 0.3) is 5.91 Å². The van der Waals surface area contributed by atoms with Crippen LogP contribution in [0.5, 0.6) is 0 Å². The fourth-order valence-electron chi connectivity index (χ4n) is 4.63. The van der Waals surface area contributed by atoms with E-state index in [4.69, 9.17) is 0 Å². The van der Waals surface area contributed by atoms with Crippen LogP contribution in [-0.2, 0) is 11.2 Å². The maximum atomic E-state index is 14.2. The smallest absolute Gasteiger partial charge is 0.330 e. The van der Waals surface area contributed by atoms with Gasteiger partial charge in [-0.25, -0.2) is 13.6 Å². The minimum absolute atomic E-state index is 0.00148. The van der Waals surface area contributed by atoms with Crippen LogP contribution in [-0.4, -0.2) is 27.2 Å². The standard InChI is InChI=1S/C22H17F2N3O3/c23-11-6-7-12(15(24)8-11)16-13-9-14-19(17(13)16)26-27-20(14)21(28)25-18(22(29)30)10-4-2-1-3-5-10/h1-8,13,16-18H,9H2,(H,25,28)(H,26,27)(H,29,30). The Kier molecular flexibility index (Phi) is 4.16. The summed E-state index contributed by atoms with van der Waals surface area (Å²) >= 11 is 0. The summed E-state index contributed by atoms with van der Waals surface area (Å²) in [5.41, 5.74) is 2.59. The van der Waals surface area contributed by atoms with Gasteiger partial charge in [0.05, 0.1) is 0 Å². The van der Waals surface area contributed by atoms with E-state index < -0.39 is 29.6 Å². The first-order chi connectivity index (χ1) is 14.5. The molecule has 1 heterocycles. The summed E-state index contributed by atoms with van der Waals surface area (Å²) in [6.07, 6.45) is 0.532. The van der Waals surface area contributed by atoms with Crippen molar-refractivity contribution in [1.82, 2.24) is 15.5 Å². The van der Waals surface area contributed by atoms with Crippen LogP contribution in [0, 0.1) is 17.6 Å². The predicted molar refractivity (Wildman–Crippen MR) is 102 cm³/mol. The van der Waals surface area contributed by atoms with Gasteiger partial charge >= 0.3 is 5.97 Å². The lowest BCUT2D eigenvalue weighted by atomic mass is 9.99. The van der Waals surface area contributed by atoms with Gasteiger partial charge in [-0.3, -0.25) is 9.89 Å². The van der Waals surface area contributed by atoms with E-state index in [0.717, 1.165) is 17.3 Å². The number of fused-ring (bicyclic) bond motifs is 3. The number of carboxylic acid groups (broad SMARTS) is 1. The number of rotatable bonds is 5. The molecule has 1 saturated carbocycles. The Balaban J connectivity index is 1.36. The molecule has 2 aliphatic rings. The Hall–Kier alpha value is -3.55. The van der Waals surface area contributed by atoms with Gasteiger partial charge < -0.3 is 10.4 Å². The zero-order valence-electron chi connectivity index (χ0n) is 15.6. The molecule has 30 heavy (non-hydrogen) atoms. The molecule has 3 aromatic rings. The monoisotopic (exact) mass is 409 g/mol. The van der Waals surface area contributed by atoms with E-state index >= 15 is 0 Å². The lowest BCUT2D eigenvalue weighted by Crippen LogP contribution is -2.34. The summed E-state index contributed by atoms with van der Waals surface area (Å²) in [6.45, 7) is 0. The van der Waals surface area contributed by atoms with Gasteiger partial charge in [-0.15, -0.1) is 0 Å². The van der Waals surface area contributed by atoms with E-state index in [1.165, 1.54) is 12.1 Å². The zero-order chi connectivity index (χ0) is 21.0. The van der Waals surface area contributed by atoms with Crippen LogP contribution < -0.4 is 5.32 Å². The second kappa shape index (κ2) is 6.76. The minimum atomic E-state index is -1.19. The minimum Gasteiger partial charge on any atom is -0.479 e. The first-order valence-electron chi connectivity index (χ1n) is 9.56. The molecule has 3 N–H and O–H groups in total. The number of halogens is 2. The second-order valence-electron chi connectivity index (χ2n) is 7.71. The number of nitrogens with zero attached hydrogens (tertiary/aromatic N) is 1. The third-order valence-electron chi connectivity index (χ3n) is 6.03. The van der Waals surface area contributed by atoms with Gasteiger partial charge in [0, 0.05) is 23.2 Å². The maximum absolute atomic E-state index is 14.2. The van der Waals surface area contributed by atoms with Crippen molar-refractivity contribution in [1.29, 1.82) is 0 Å². The molecule has 0 spiro atoms. The largest absolute Gasteiger partial charge is 0.479 e. The Bertz CT molecular complexity index is 1160. The fourth-order valence-corrected chi connectivity index (χ4v) is 4.63. The third kappa shape index (κ3) is 2.87.